The molecule has 3 heterocycles. The molecule has 2 aliphatic heterocycles. The first-order valence-electron chi connectivity index (χ1n) is 12.4. The van der Waals surface area contributed by atoms with E-state index in [-0.39, 0.29) is 17.7 Å². The van der Waals surface area contributed by atoms with Gasteiger partial charge in [0.15, 0.2) is 5.76 Å². The van der Waals surface area contributed by atoms with Crippen LogP contribution in [0.1, 0.15) is 48.9 Å². The molecule has 5 rings (SSSR count). The van der Waals surface area contributed by atoms with Gasteiger partial charge in [0.2, 0.25) is 11.8 Å². The van der Waals surface area contributed by atoms with E-state index in [9.17, 15) is 9.59 Å². The van der Waals surface area contributed by atoms with Crippen LogP contribution >= 0.6 is 0 Å². The minimum atomic E-state index is -0.0317. The standard InChI is InChI=1S/C28H31N3O3/c32-27(30-16-8-1-2-9-17-30)22-14-18-31(19-15-22)28(33)24-13-7-6-12-23(24)26-29-20-25(34-26)21-10-4-3-5-11-21/h3-7,10-13,20,22H,1-2,8-9,14-19H2. The molecule has 1 aromatic heterocycles. The van der Waals surface area contributed by atoms with Crippen LogP contribution in [0.4, 0.5) is 0 Å². The van der Waals surface area contributed by atoms with Gasteiger partial charge in [-0.15, -0.1) is 0 Å². The quantitative estimate of drug-likeness (QED) is 0.536. The van der Waals surface area contributed by atoms with Crippen molar-refractivity contribution in [3.8, 4) is 22.8 Å². The number of aromatic nitrogens is 1. The van der Waals surface area contributed by atoms with Crippen LogP contribution in [-0.2, 0) is 4.79 Å². The molecule has 6 nitrogen and oxygen atoms in total. The van der Waals surface area contributed by atoms with E-state index in [1.54, 1.807) is 6.20 Å². The Bertz CT molecular complexity index is 1120. The second kappa shape index (κ2) is 10.2. The van der Waals surface area contributed by atoms with Crippen molar-refractivity contribution in [1.82, 2.24) is 14.8 Å². The van der Waals surface area contributed by atoms with Crippen molar-refractivity contribution < 1.29 is 14.0 Å². The summed E-state index contributed by atoms with van der Waals surface area (Å²) in [5, 5.41) is 0. The Morgan fingerprint density at radius 2 is 1.47 bits per heavy atom. The van der Waals surface area contributed by atoms with Gasteiger partial charge in [0.05, 0.1) is 11.8 Å². The van der Waals surface area contributed by atoms with Gasteiger partial charge in [-0.2, -0.15) is 0 Å². The van der Waals surface area contributed by atoms with E-state index in [0.29, 0.717) is 35.9 Å². The lowest BCUT2D eigenvalue weighted by Gasteiger charge is -2.34. The van der Waals surface area contributed by atoms with Gasteiger partial charge in [0, 0.05) is 43.2 Å². The van der Waals surface area contributed by atoms with E-state index < -0.39 is 0 Å². The third-order valence-electron chi connectivity index (χ3n) is 7.00. The average Bonchev–Trinajstić information content (AvgIpc) is 3.24. The molecule has 2 aromatic carbocycles. The molecular weight excluding hydrogens is 426 g/mol. The maximum absolute atomic E-state index is 13.5. The summed E-state index contributed by atoms with van der Waals surface area (Å²) in [6, 6.07) is 17.3. The Morgan fingerprint density at radius 3 is 2.21 bits per heavy atom. The summed E-state index contributed by atoms with van der Waals surface area (Å²) in [5.74, 6) is 1.38. The average molecular weight is 458 g/mol. The number of likely N-dealkylation sites (tertiary alicyclic amines) is 2. The fourth-order valence-corrected chi connectivity index (χ4v) is 5.04. The molecule has 0 atom stereocenters. The molecule has 0 saturated carbocycles. The van der Waals surface area contributed by atoms with Gasteiger partial charge in [0.1, 0.15) is 0 Å². The fraction of sp³-hybridized carbons (Fsp3) is 0.393. The first-order valence-corrected chi connectivity index (χ1v) is 12.4. The SMILES string of the molecule is O=C(c1ccccc1-c1ncc(-c2ccccc2)o1)N1CCC(C(=O)N2CCCCCC2)CC1. The van der Waals surface area contributed by atoms with E-state index in [4.69, 9.17) is 4.42 Å². The van der Waals surface area contributed by atoms with Crippen molar-refractivity contribution in [3.63, 3.8) is 0 Å². The number of nitrogens with zero attached hydrogens (tertiary/aromatic N) is 3. The van der Waals surface area contributed by atoms with Crippen molar-refractivity contribution in [3.05, 3.63) is 66.4 Å². The number of hydrogen-bond donors (Lipinski definition) is 0. The molecule has 2 aliphatic rings. The molecule has 0 aliphatic carbocycles. The van der Waals surface area contributed by atoms with Crippen molar-refractivity contribution in [1.29, 1.82) is 0 Å². The zero-order valence-corrected chi connectivity index (χ0v) is 19.5. The molecule has 0 unspecified atom stereocenters. The molecule has 2 amide bonds. The molecule has 0 spiro atoms. The van der Waals surface area contributed by atoms with Crippen molar-refractivity contribution >= 4 is 11.8 Å². The van der Waals surface area contributed by atoms with Crippen molar-refractivity contribution in [2.45, 2.75) is 38.5 Å². The first-order chi connectivity index (χ1) is 16.7. The number of oxazole rings is 1. The Hall–Kier alpha value is -3.41. The van der Waals surface area contributed by atoms with E-state index in [1.165, 1.54) is 12.8 Å². The Kier molecular flexibility index (Phi) is 6.74. The molecule has 6 heteroatoms. The topological polar surface area (TPSA) is 66.7 Å². The van der Waals surface area contributed by atoms with Crippen LogP contribution in [0.15, 0.2) is 65.2 Å². The molecule has 2 fully saturated rings. The predicted molar refractivity (Wildman–Crippen MR) is 131 cm³/mol. The maximum atomic E-state index is 13.5. The highest BCUT2D eigenvalue weighted by molar-refractivity contribution is 6.00. The van der Waals surface area contributed by atoms with E-state index in [0.717, 1.165) is 44.3 Å². The lowest BCUT2D eigenvalue weighted by molar-refractivity contribution is -0.136. The van der Waals surface area contributed by atoms with Crippen LogP contribution < -0.4 is 0 Å². The molecule has 3 aromatic rings. The molecule has 0 bridgehead atoms. The molecule has 0 radical (unpaired) electrons. The highest BCUT2D eigenvalue weighted by atomic mass is 16.4. The van der Waals surface area contributed by atoms with Crippen LogP contribution in [-0.4, -0.2) is 52.8 Å². The number of carbonyl (C=O) groups excluding carboxylic acids is 2. The minimum Gasteiger partial charge on any atom is -0.436 e. The fourth-order valence-electron chi connectivity index (χ4n) is 5.04. The van der Waals surface area contributed by atoms with Crippen LogP contribution in [0.2, 0.25) is 0 Å². The van der Waals surface area contributed by atoms with Crippen LogP contribution in [0, 0.1) is 5.92 Å². The smallest absolute Gasteiger partial charge is 0.254 e. The van der Waals surface area contributed by atoms with Gasteiger partial charge in [-0.1, -0.05) is 55.3 Å². The van der Waals surface area contributed by atoms with Gasteiger partial charge in [0.25, 0.3) is 5.91 Å². The molecule has 176 valence electrons. The molecule has 2 saturated heterocycles. The Balaban J connectivity index is 1.27. The highest BCUT2D eigenvalue weighted by Gasteiger charge is 2.31. The number of amides is 2. The van der Waals surface area contributed by atoms with Gasteiger partial charge in [-0.3, -0.25) is 9.59 Å². The number of piperidine rings is 1. The third kappa shape index (κ3) is 4.76. The van der Waals surface area contributed by atoms with Crippen LogP contribution in [0.5, 0.6) is 0 Å². The van der Waals surface area contributed by atoms with Gasteiger partial charge >= 0.3 is 0 Å². The van der Waals surface area contributed by atoms with Crippen LogP contribution in [0.3, 0.4) is 0 Å². The third-order valence-corrected chi connectivity index (χ3v) is 7.00. The van der Waals surface area contributed by atoms with Gasteiger partial charge in [-0.05, 0) is 37.8 Å². The Morgan fingerprint density at radius 1 is 0.794 bits per heavy atom. The lowest BCUT2D eigenvalue weighted by atomic mass is 9.94. The molecule has 0 N–H and O–H groups in total. The summed E-state index contributed by atoms with van der Waals surface area (Å²) in [4.78, 5) is 34.8. The van der Waals surface area contributed by atoms with E-state index >= 15 is 0 Å². The van der Waals surface area contributed by atoms with Crippen molar-refractivity contribution in [2.24, 2.45) is 5.92 Å². The minimum absolute atomic E-state index is 0.0255. The Labute approximate surface area is 200 Å². The zero-order valence-electron chi connectivity index (χ0n) is 19.5. The molecule has 34 heavy (non-hydrogen) atoms. The second-order valence-corrected chi connectivity index (χ2v) is 9.25. The summed E-state index contributed by atoms with van der Waals surface area (Å²) >= 11 is 0. The summed E-state index contributed by atoms with van der Waals surface area (Å²) in [6.07, 6.45) is 7.78. The summed E-state index contributed by atoms with van der Waals surface area (Å²) < 4.78 is 6.03. The number of rotatable bonds is 4. The van der Waals surface area contributed by atoms with E-state index in [1.807, 2.05) is 59.5 Å². The van der Waals surface area contributed by atoms with E-state index in [2.05, 4.69) is 9.88 Å². The largest absolute Gasteiger partial charge is 0.436 e. The van der Waals surface area contributed by atoms with Gasteiger partial charge in [-0.25, -0.2) is 4.98 Å². The van der Waals surface area contributed by atoms with Crippen molar-refractivity contribution in [2.75, 3.05) is 26.2 Å². The second-order valence-electron chi connectivity index (χ2n) is 9.25. The number of benzene rings is 2. The summed E-state index contributed by atoms with van der Waals surface area (Å²) in [7, 11) is 0. The van der Waals surface area contributed by atoms with Gasteiger partial charge < -0.3 is 14.2 Å². The maximum Gasteiger partial charge on any atom is 0.254 e. The normalized spacial score (nSPS) is 17.4. The molecular formula is C28H31N3O3. The summed E-state index contributed by atoms with van der Waals surface area (Å²) in [5.41, 5.74) is 2.22. The highest BCUT2D eigenvalue weighted by Crippen LogP contribution is 2.30. The number of carbonyl (C=O) groups is 2. The number of hydrogen-bond acceptors (Lipinski definition) is 4. The van der Waals surface area contributed by atoms with Crippen LogP contribution in [0.25, 0.3) is 22.8 Å². The zero-order chi connectivity index (χ0) is 23.3. The monoisotopic (exact) mass is 457 g/mol. The lowest BCUT2D eigenvalue weighted by Crippen LogP contribution is -2.44. The first kappa shape index (κ1) is 22.4. The summed E-state index contributed by atoms with van der Waals surface area (Å²) in [6.45, 7) is 2.95. The predicted octanol–water partition coefficient (Wildman–Crippen LogP) is 5.26.